The third-order valence-corrected chi connectivity index (χ3v) is 3.71. The van der Waals surface area contributed by atoms with Crippen LogP contribution in [-0.2, 0) is 9.53 Å². The fourth-order valence-corrected chi connectivity index (χ4v) is 2.56. The molecule has 4 nitrogen and oxygen atoms in total. The molecule has 1 unspecified atom stereocenters. The van der Waals surface area contributed by atoms with E-state index in [9.17, 15) is 4.79 Å². The molecule has 1 N–H and O–H groups in total. The third kappa shape index (κ3) is 5.17. The maximum atomic E-state index is 11.8. The minimum Gasteiger partial charge on any atom is -0.493 e. The highest BCUT2D eigenvalue weighted by atomic mass is 79.9. The monoisotopic (exact) mass is 353 g/mol. The Morgan fingerprint density at radius 3 is 3.14 bits per heavy atom. The minimum atomic E-state index is -0.118. The first-order valence-corrected chi connectivity index (χ1v) is 7.98. The van der Waals surface area contributed by atoms with Gasteiger partial charge in [-0.25, -0.2) is 0 Å². The molecule has 0 saturated carbocycles. The van der Waals surface area contributed by atoms with Gasteiger partial charge in [-0.2, -0.15) is 0 Å². The van der Waals surface area contributed by atoms with Crippen LogP contribution in [0.4, 0.5) is 0 Å². The van der Waals surface area contributed by atoms with E-state index in [2.05, 4.69) is 21.2 Å². The molecule has 1 aromatic rings. The van der Waals surface area contributed by atoms with Crippen molar-refractivity contribution in [2.75, 3.05) is 19.8 Å². The number of halogens is 1. The molecule has 2 rings (SSSR count). The van der Waals surface area contributed by atoms with Crippen LogP contribution in [0.1, 0.15) is 25.3 Å². The average molecular weight is 354 g/mol. The van der Waals surface area contributed by atoms with Crippen molar-refractivity contribution in [2.24, 2.45) is 0 Å². The zero-order valence-electron chi connectivity index (χ0n) is 12.1. The molecule has 114 valence electrons. The lowest BCUT2D eigenvalue weighted by atomic mass is 10.2. The highest BCUT2D eigenvalue weighted by Gasteiger charge is 2.15. The Morgan fingerprint density at radius 2 is 2.43 bits per heavy atom. The summed E-state index contributed by atoms with van der Waals surface area (Å²) in [6, 6.07) is 5.73. The molecule has 1 saturated heterocycles. The molecular formula is C16H20BrNO3. The number of nitrogens with one attached hydrogen (secondary N) is 1. The molecular weight excluding hydrogens is 334 g/mol. The Kier molecular flexibility index (Phi) is 6.26. The molecule has 1 amide bonds. The zero-order chi connectivity index (χ0) is 15.1. The number of ether oxygens (including phenoxy) is 2. The lowest BCUT2D eigenvalue weighted by Crippen LogP contribution is -2.30. The van der Waals surface area contributed by atoms with Crippen molar-refractivity contribution in [3.05, 3.63) is 34.3 Å². The van der Waals surface area contributed by atoms with E-state index in [0.29, 0.717) is 13.2 Å². The molecule has 0 aromatic heterocycles. The molecule has 21 heavy (non-hydrogen) atoms. The van der Waals surface area contributed by atoms with E-state index < -0.39 is 0 Å². The van der Waals surface area contributed by atoms with E-state index in [4.69, 9.17) is 9.47 Å². The molecule has 0 radical (unpaired) electrons. The number of carbonyl (C=O) groups is 1. The Bertz CT molecular complexity index is 510. The molecule has 0 aliphatic carbocycles. The summed E-state index contributed by atoms with van der Waals surface area (Å²) in [5.41, 5.74) is 0.874. The largest absolute Gasteiger partial charge is 0.493 e. The Balaban J connectivity index is 1.92. The standard InChI is InChI=1S/C16H20BrNO3/c1-2-20-15-7-6-13(17)10-12(15)5-8-16(19)18-11-14-4-3-9-21-14/h5-8,10,14H,2-4,9,11H2,1H3,(H,18,19)/b8-5+. The quantitative estimate of drug-likeness (QED) is 0.799. The number of hydrogen-bond acceptors (Lipinski definition) is 3. The highest BCUT2D eigenvalue weighted by Crippen LogP contribution is 2.24. The number of amides is 1. The van der Waals surface area contributed by atoms with Gasteiger partial charge in [0, 0.05) is 29.3 Å². The van der Waals surface area contributed by atoms with Gasteiger partial charge in [0.2, 0.25) is 5.91 Å². The van der Waals surface area contributed by atoms with Crippen LogP contribution in [-0.4, -0.2) is 31.8 Å². The maximum absolute atomic E-state index is 11.8. The van der Waals surface area contributed by atoms with Crippen LogP contribution in [0.25, 0.3) is 6.08 Å². The van der Waals surface area contributed by atoms with Gasteiger partial charge >= 0.3 is 0 Å². The van der Waals surface area contributed by atoms with E-state index in [1.54, 1.807) is 6.08 Å². The summed E-state index contributed by atoms with van der Waals surface area (Å²) in [4.78, 5) is 11.8. The van der Waals surface area contributed by atoms with E-state index in [1.807, 2.05) is 25.1 Å². The van der Waals surface area contributed by atoms with Gasteiger partial charge < -0.3 is 14.8 Å². The molecule has 5 heteroatoms. The van der Waals surface area contributed by atoms with Crippen LogP contribution in [0.2, 0.25) is 0 Å². The second-order valence-corrected chi connectivity index (χ2v) is 5.74. The zero-order valence-corrected chi connectivity index (χ0v) is 13.7. The van der Waals surface area contributed by atoms with Crippen molar-refractivity contribution >= 4 is 27.9 Å². The first-order valence-electron chi connectivity index (χ1n) is 7.19. The fraction of sp³-hybridized carbons (Fsp3) is 0.438. The van der Waals surface area contributed by atoms with Crippen molar-refractivity contribution in [1.82, 2.24) is 5.32 Å². The van der Waals surface area contributed by atoms with Gasteiger partial charge in [-0.15, -0.1) is 0 Å². The highest BCUT2D eigenvalue weighted by molar-refractivity contribution is 9.10. The maximum Gasteiger partial charge on any atom is 0.244 e. The lowest BCUT2D eigenvalue weighted by Gasteiger charge is -2.09. The van der Waals surface area contributed by atoms with Crippen molar-refractivity contribution < 1.29 is 14.3 Å². The van der Waals surface area contributed by atoms with Crippen molar-refractivity contribution in [3.63, 3.8) is 0 Å². The van der Waals surface area contributed by atoms with Crippen LogP contribution in [0.15, 0.2) is 28.7 Å². The number of rotatable bonds is 6. The molecule has 1 fully saturated rings. The van der Waals surface area contributed by atoms with E-state index in [1.165, 1.54) is 6.08 Å². The van der Waals surface area contributed by atoms with Crippen molar-refractivity contribution in [1.29, 1.82) is 0 Å². The molecule has 1 heterocycles. The summed E-state index contributed by atoms with van der Waals surface area (Å²) in [5.74, 6) is 0.650. The summed E-state index contributed by atoms with van der Waals surface area (Å²) in [7, 11) is 0. The predicted octanol–water partition coefficient (Wildman–Crippen LogP) is 3.16. The Labute approximate surface area is 133 Å². The van der Waals surface area contributed by atoms with Gasteiger partial charge in [0.1, 0.15) is 5.75 Å². The number of hydrogen-bond donors (Lipinski definition) is 1. The summed E-state index contributed by atoms with van der Waals surface area (Å²) in [6.45, 7) is 3.89. The second kappa shape index (κ2) is 8.20. The first-order chi connectivity index (χ1) is 10.2. The predicted molar refractivity (Wildman–Crippen MR) is 86.3 cm³/mol. The van der Waals surface area contributed by atoms with Crippen LogP contribution in [0, 0.1) is 0 Å². The Morgan fingerprint density at radius 1 is 1.57 bits per heavy atom. The normalized spacial score (nSPS) is 18.1. The summed E-state index contributed by atoms with van der Waals surface area (Å²) in [5, 5.41) is 2.86. The molecule has 1 aliphatic rings. The van der Waals surface area contributed by atoms with Gasteiger partial charge in [0.15, 0.2) is 0 Å². The van der Waals surface area contributed by atoms with Crippen molar-refractivity contribution in [2.45, 2.75) is 25.9 Å². The minimum absolute atomic E-state index is 0.118. The van der Waals surface area contributed by atoms with Gasteiger partial charge in [0.25, 0.3) is 0 Å². The van der Waals surface area contributed by atoms with Gasteiger partial charge in [0.05, 0.1) is 12.7 Å². The SMILES string of the molecule is CCOc1ccc(Br)cc1/C=C/C(=O)NCC1CCCO1. The molecule has 1 atom stereocenters. The van der Waals surface area contributed by atoms with Crippen LogP contribution in [0.3, 0.4) is 0 Å². The van der Waals surface area contributed by atoms with Crippen LogP contribution >= 0.6 is 15.9 Å². The van der Waals surface area contributed by atoms with Crippen LogP contribution in [0.5, 0.6) is 5.75 Å². The lowest BCUT2D eigenvalue weighted by molar-refractivity contribution is -0.116. The summed E-state index contributed by atoms with van der Waals surface area (Å²) < 4.78 is 12.0. The second-order valence-electron chi connectivity index (χ2n) is 4.83. The van der Waals surface area contributed by atoms with Gasteiger partial charge in [-0.3, -0.25) is 4.79 Å². The third-order valence-electron chi connectivity index (χ3n) is 3.21. The van der Waals surface area contributed by atoms with Crippen molar-refractivity contribution in [3.8, 4) is 5.75 Å². The molecule has 1 aromatic carbocycles. The topological polar surface area (TPSA) is 47.6 Å². The number of benzene rings is 1. The first kappa shape index (κ1) is 16.0. The summed E-state index contributed by atoms with van der Waals surface area (Å²) >= 11 is 3.42. The van der Waals surface area contributed by atoms with Gasteiger partial charge in [-0.1, -0.05) is 15.9 Å². The Hall–Kier alpha value is -1.33. The molecule has 0 bridgehead atoms. The van der Waals surface area contributed by atoms with E-state index in [0.717, 1.165) is 35.2 Å². The average Bonchev–Trinajstić information content (AvgIpc) is 2.99. The van der Waals surface area contributed by atoms with Gasteiger partial charge in [-0.05, 0) is 44.0 Å². The van der Waals surface area contributed by atoms with E-state index >= 15 is 0 Å². The van der Waals surface area contributed by atoms with E-state index in [-0.39, 0.29) is 12.0 Å². The fourth-order valence-electron chi connectivity index (χ4n) is 2.18. The number of carbonyl (C=O) groups excluding carboxylic acids is 1. The molecule has 0 spiro atoms. The molecule has 1 aliphatic heterocycles. The van der Waals surface area contributed by atoms with Crippen LogP contribution < -0.4 is 10.1 Å². The summed E-state index contributed by atoms with van der Waals surface area (Å²) in [6.07, 6.45) is 5.54. The smallest absolute Gasteiger partial charge is 0.244 e.